The number of carboxylic acid groups (broad SMARTS) is 1. The van der Waals surface area contributed by atoms with Gasteiger partial charge in [-0.15, -0.1) is 0 Å². The van der Waals surface area contributed by atoms with Crippen LogP contribution in [0, 0.1) is 0 Å². The van der Waals surface area contributed by atoms with Crippen LogP contribution >= 0.6 is 15.9 Å². The van der Waals surface area contributed by atoms with Gasteiger partial charge in [-0.3, -0.25) is 9.00 Å². The molecule has 2 unspecified atom stereocenters. The summed E-state index contributed by atoms with van der Waals surface area (Å²) >= 11 is 3.32. The molecule has 1 aromatic rings. The summed E-state index contributed by atoms with van der Waals surface area (Å²) in [5, 5.41) is 8.24. The molecule has 2 atom stereocenters. The zero-order valence-corrected chi connectivity index (χ0v) is 12.4. The molecule has 6 heteroatoms. The van der Waals surface area contributed by atoms with Crippen molar-refractivity contribution >= 4 is 32.7 Å². The maximum absolute atomic E-state index is 11.7. The van der Waals surface area contributed by atoms with Crippen LogP contribution in [0.15, 0.2) is 28.7 Å². The predicted octanol–water partition coefficient (Wildman–Crippen LogP) is 2.44. The Labute approximate surface area is 117 Å². The van der Waals surface area contributed by atoms with Crippen LogP contribution in [0.3, 0.4) is 0 Å². The number of aliphatic carboxylic acids is 1. The standard InChI is InChI=1S/C12H15BrO4S/c1-9(8-12(14)15)18(16)7-6-17-11-4-2-10(13)3-5-11/h2-5,9H,6-8H2,1H3,(H,14,15). The first-order valence-corrected chi connectivity index (χ1v) is 7.64. The summed E-state index contributed by atoms with van der Waals surface area (Å²) in [6.07, 6.45) is -0.0785. The van der Waals surface area contributed by atoms with Crippen LogP contribution < -0.4 is 4.74 Å². The maximum Gasteiger partial charge on any atom is 0.304 e. The number of ether oxygens (including phenoxy) is 1. The van der Waals surface area contributed by atoms with E-state index in [1.165, 1.54) is 0 Å². The van der Waals surface area contributed by atoms with Gasteiger partial charge in [0.05, 0.1) is 18.8 Å². The van der Waals surface area contributed by atoms with Gasteiger partial charge >= 0.3 is 5.97 Å². The summed E-state index contributed by atoms with van der Waals surface area (Å²) in [5.74, 6) is 0.121. The van der Waals surface area contributed by atoms with Crippen molar-refractivity contribution in [2.24, 2.45) is 0 Å². The molecular formula is C12H15BrO4S. The number of hydrogen-bond donors (Lipinski definition) is 1. The van der Waals surface area contributed by atoms with Crippen molar-refractivity contribution in [2.45, 2.75) is 18.6 Å². The molecule has 0 aliphatic carbocycles. The lowest BCUT2D eigenvalue weighted by atomic mass is 10.3. The van der Waals surface area contributed by atoms with Crippen LogP contribution in [0.1, 0.15) is 13.3 Å². The van der Waals surface area contributed by atoms with Gasteiger partial charge in [-0.2, -0.15) is 0 Å². The second-order valence-corrected chi connectivity index (χ2v) is 6.69. The van der Waals surface area contributed by atoms with Gasteiger partial charge in [0.2, 0.25) is 0 Å². The van der Waals surface area contributed by atoms with Crippen LogP contribution in [0.25, 0.3) is 0 Å². The molecule has 1 N–H and O–H groups in total. The second-order valence-electron chi connectivity index (χ2n) is 3.80. The van der Waals surface area contributed by atoms with Gasteiger partial charge in [0.1, 0.15) is 5.75 Å². The molecule has 0 heterocycles. The lowest BCUT2D eigenvalue weighted by molar-refractivity contribution is -0.136. The van der Waals surface area contributed by atoms with E-state index in [4.69, 9.17) is 9.84 Å². The number of carboxylic acids is 1. The molecule has 0 amide bonds. The average molecular weight is 335 g/mol. The Morgan fingerprint density at radius 1 is 1.44 bits per heavy atom. The molecule has 1 aromatic carbocycles. The monoisotopic (exact) mass is 334 g/mol. The first-order chi connectivity index (χ1) is 8.49. The molecular weight excluding hydrogens is 320 g/mol. The molecule has 100 valence electrons. The number of carbonyl (C=O) groups is 1. The van der Waals surface area contributed by atoms with Crippen LogP contribution in [0.2, 0.25) is 0 Å². The third kappa shape index (κ3) is 5.64. The van der Waals surface area contributed by atoms with E-state index in [0.717, 1.165) is 4.47 Å². The highest BCUT2D eigenvalue weighted by molar-refractivity contribution is 9.10. The van der Waals surface area contributed by atoms with E-state index in [1.54, 1.807) is 6.92 Å². The second kappa shape index (κ2) is 7.53. The molecule has 0 saturated carbocycles. The normalized spacial score (nSPS) is 13.9. The summed E-state index contributed by atoms with van der Waals surface area (Å²) in [7, 11) is -1.18. The van der Waals surface area contributed by atoms with E-state index in [1.807, 2.05) is 24.3 Å². The van der Waals surface area contributed by atoms with E-state index >= 15 is 0 Å². The van der Waals surface area contributed by atoms with E-state index in [9.17, 15) is 9.00 Å². The van der Waals surface area contributed by atoms with E-state index in [-0.39, 0.29) is 11.7 Å². The number of rotatable bonds is 7. The van der Waals surface area contributed by atoms with Crippen molar-refractivity contribution < 1.29 is 18.8 Å². The van der Waals surface area contributed by atoms with E-state index in [0.29, 0.717) is 18.1 Å². The molecule has 0 spiro atoms. The third-order valence-electron chi connectivity index (χ3n) is 2.28. The first-order valence-electron chi connectivity index (χ1n) is 5.46. The van der Waals surface area contributed by atoms with Crippen LogP contribution in [0.5, 0.6) is 5.75 Å². The van der Waals surface area contributed by atoms with Crippen LogP contribution in [-0.2, 0) is 15.6 Å². The Hall–Kier alpha value is -0.880. The Balaban J connectivity index is 2.31. The lowest BCUT2D eigenvalue weighted by Gasteiger charge is -2.10. The molecule has 0 radical (unpaired) electrons. The highest BCUT2D eigenvalue weighted by Gasteiger charge is 2.14. The Kier molecular flexibility index (Phi) is 6.35. The van der Waals surface area contributed by atoms with E-state index in [2.05, 4.69) is 15.9 Å². The van der Waals surface area contributed by atoms with Crippen molar-refractivity contribution in [1.82, 2.24) is 0 Å². The molecule has 0 saturated heterocycles. The molecule has 0 aromatic heterocycles. The summed E-state index contributed by atoms with van der Waals surface area (Å²) in [5.41, 5.74) is 0. The smallest absolute Gasteiger partial charge is 0.304 e. The molecule has 1 rings (SSSR count). The van der Waals surface area contributed by atoms with Gasteiger partial charge < -0.3 is 9.84 Å². The Morgan fingerprint density at radius 2 is 2.06 bits per heavy atom. The van der Waals surface area contributed by atoms with Gasteiger partial charge in [-0.25, -0.2) is 0 Å². The van der Waals surface area contributed by atoms with Crippen molar-refractivity contribution in [1.29, 1.82) is 0 Å². The Bertz CT molecular complexity index is 419. The fourth-order valence-corrected chi connectivity index (χ4v) is 2.56. The van der Waals surface area contributed by atoms with E-state index < -0.39 is 16.8 Å². The highest BCUT2D eigenvalue weighted by Crippen LogP contribution is 2.16. The van der Waals surface area contributed by atoms with Gasteiger partial charge in [-0.1, -0.05) is 22.9 Å². The first kappa shape index (κ1) is 15.2. The van der Waals surface area contributed by atoms with Crippen LogP contribution in [-0.4, -0.2) is 32.9 Å². The zero-order chi connectivity index (χ0) is 13.5. The summed E-state index contributed by atoms with van der Waals surface area (Å²) in [6, 6.07) is 7.35. The topological polar surface area (TPSA) is 63.6 Å². The van der Waals surface area contributed by atoms with Gasteiger partial charge in [0.15, 0.2) is 0 Å². The van der Waals surface area contributed by atoms with Crippen LogP contribution in [0.4, 0.5) is 0 Å². The highest BCUT2D eigenvalue weighted by atomic mass is 79.9. The van der Waals surface area contributed by atoms with Gasteiger partial charge in [-0.05, 0) is 24.3 Å². The SMILES string of the molecule is CC(CC(=O)O)S(=O)CCOc1ccc(Br)cc1. The van der Waals surface area contributed by atoms with Gasteiger partial charge in [0, 0.05) is 20.5 Å². The minimum absolute atomic E-state index is 0.0785. The van der Waals surface area contributed by atoms with Crippen molar-refractivity contribution in [3.05, 3.63) is 28.7 Å². The molecule has 18 heavy (non-hydrogen) atoms. The molecule has 0 aliphatic rings. The Morgan fingerprint density at radius 3 is 2.61 bits per heavy atom. The third-order valence-corrected chi connectivity index (χ3v) is 4.44. The quantitative estimate of drug-likeness (QED) is 0.831. The number of hydrogen-bond acceptors (Lipinski definition) is 3. The van der Waals surface area contributed by atoms with Crippen molar-refractivity contribution in [3.8, 4) is 5.75 Å². The summed E-state index contributed by atoms with van der Waals surface area (Å²) in [4.78, 5) is 10.5. The molecule has 0 bridgehead atoms. The largest absolute Gasteiger partial charge is 0.493 e. The fraction of sp³-hybridized carbons (Fsp3) is 0.417. The molecule has 4 nitrogen and oxygen atoms in total. The van der Waals surface area contributed by atoms with Crippen molar-refractivity contribution in [2.75, 3.05) is 12.4 Å². The number of halogens is 1. The number of benzene rings is 1. The zero-order valence-electron chi connectivity index (χ0n) is 9.97. The summed E-state index contributed by atoms with van der Waals surface area (Å²) < 4.78 is 18.1. The molecule has 0 aliphatic heterocycles. The minimum atomic E-state index is -1.18. The minimum Gasteiger partial charge on any atom is -0.493 e. The maximum atomic E-state index is 11.7. The van der Waals surface area contributed by atoms with Gasteiger partial charge in [0.25, 0.3) is 0 Å². The summed E-state index contributed by atoms with van der Waals surface area (Å²) in [6.45, 7) is 1.99. The van der Waals surface area contributed by atoms with Crippen molar-refractivity contribution in [3.63, 3.8) is 0 Å². The average Bonchev–Trinajstić information content (AvgIpc) is 2.30. The molecule has 0 fully saturated rings. The lowest BCUT2D eigenvalue weighted by Crippen LogP contribution is -2.21. The fourth-order valence-electron chi connectivity index (χ4n) is 1.31. The predicted molar refractivity (Wildman–Crippen MR) is 74.4 cm³/mol.